The van der Waals surface area contributed by atoms with Gasteiger partial charge in [-0.25, -0.2) is 0 Å². The van der Waals surface area contributed by atoms with Gasteiger partial charge in [0.1, 0.15) is 0 Å². The molecule has 0 spiro atoms. The lowest BCUT2D eigenvalue weighted by Crippen LogP contribution is -2.28. The number of likely N-dealkylation sites (tertiary alicyclic amines) is 1. The first kappa shape index (κ1) is 15.3. The van der Waals surface area contributed by atoms with E-state index >= 15 is 0 Å². The molecule has 1 aromatic heterocycles. The summed E-state index contributed by atoms with van der Waals surface area (Å²) in [5.41, 5.74) is 2.88. The fraction of sp³-hybridized carbons (Fsp3) is 0.444. The molecule has 1 aliphatic rings. The number of hydrogen-bond acceptors (Lipinski definition) is 2. The Labute approximate surface area is 140 Å². The SMILES string of the molecule is Cc1ccsc1[C@@H]1CCCCCN1Cc1ccc(Br)cc1. The van der Waals surface area contributed by atoms with Crippen LogP contribution >= 0.6 is 27.3 Å². The quantitative estimate of drug-likeness (QED) is 0.652. The van der Waals surface area contributed by atoms with Crippen LogP contribution in [0.2, 0.25) is 0 Å². The van der Waals surface area contributed by atoms with E-state index in [1.165, 1.54) is 43.4 Å². The minimum atomic E-state index is 0.608. The summed E-state index contributed by atoms with van der Waals surface area (Å²) in [5, 5.41) is 2.24. The Morgan fingerprint density at radius 3 is 2.67 bits per heavy atom. The van der Waals surface area contributed by atoms with Crippen molar-refractivity contribution >= 4 is 27.3 Å². The molecule has 3 rings (SSSR count). The third kappa shape index (κ3) is 3.77. The minimum absolute atomic E-state index is 0.608. The molecule has 1 nitrogen and oxygen atoms in total. The number of aryl methyl sites for hydroxylation is 1. The van der Waals surface area contributed by atoms with Crippen LogP contribution in [-0.4, -0.2) is 11.4 Å². The number of halogens is 1. The molecule has 112 valence electrons. The van der Waals surface area contributed by atoms with Crippen molar-refractivity contribution in [1.82, 2.24) is 4.90 Å². The molecule has 1 fully saturated rings. The first-order chi connectivity index (χ1) is 10.2. The second kappa shape index (κ2) is 7.08. The summed E-state index contributed by atoms with van der Waals surface area (Å²) in [6, 6.07) is 11.7. The molecule has 0 radical (unpaired) electrons. The molecule has 3 heteroatoms. The summed E-state index contributed by atoms with van der Waals surface area (Å²) in [6.45, 7) is 4.54. The average molecular weight is 364 g/mol. The second-order valence-electron chi connectivity index (χ2n) is 5.93. The van der Waals surface area contributed by atoms with Crippen LogP contribution in [0, 0.1) is 6.92 Å². The lowest BCUT2D eigenvalue weighted by molar-refractivity contribution is 0.195. The van der Waals surface area contributed by atoms with Gasteiger partial charge in [0.05, 0.1) is 0 Å². The van der Waals surface area contributed by atoms with Crippen LogP contribution in [0.25, 0.3) is 0 Å². The highest BCUT2D eigenvalue weighted by molar-refractivity contribution is 9.10. The average Bonchev–Trinajstić information content (AvgIpc) is 2.77. The van der Waals surface area contributed by atoms with Crippen LogP contribution in [-0.2, 0) is 6.54 Å². The van der Waals surface area contributed by atoms with Gasteiger partial charge in [0.2, 0.25) is 0 Å². The van der Waals surface area contributed by atoms with Gasteiger partial charge in [-0.15, -0.1) is 11.3 Å². The van der Waals surface area contributed by atoms with E-state index in [4.69, 9.17) is 0 Å². The van der Waals surface area contributed by atoms with Gasteiger partial charge in [0.25, 0.3) is 0 Å². The van der Waals surface area contributed by atoms with Crippen LogP contribution < -0.4 is 0 Å². The Morgan fingerprint density at radius 1 is 1.14 bits per heavy atom. The van der Waals surface area contributed by atoms with Crippen LogP contribution in [0.15, 0.2) is 40.2 Å². The van der Waals surface area contributed by atoms with Crippen molar-refractivity contribution < 1.29 is 0 Å². The van der Waals surface area contributed by atoms with Crippen molar-refractivity contribution in [3.05, 3.63) is 56.2 Å². The van der Waals surface area contributed by atoms with E-state index in [1.807, 2.05) is 11.3 Å². The summed E-state index contributed by atoms with van der Waals surface area (Å²) in [4.78, 5) is 4.27. The molecule has 0 bridgehead atoms. The molecule has 1 atom stereocenters. The zero-order valence-electron chi connectivity index (χ0n) is 12.5. The molecule has 0 amide bonds. The molecular weight excluding hydrogens is 342 g/mol. The zero-order chi connectivity index (χ0) is 14.7. The van der Waals surface area contributed by atoms with Crippen LogP contribution in [0.1, 0.15) is 47.7 Å². The summed E-state index contributed by atoms with van der Waals surface area (Å²) >= 11 is 5.46. The largest absolute Gasteiger partial charge is 0.291 e. The summed E-state index contributed by atoms with van der Waals surface area (Å²) in [6.07, 6.45) is 5.37. The number of hydrogen-bond donors (Lipinski definition) is 0. The maximum Gasteiger partial charge on any atom is 0.0447 e. The second-order valence-corrected chi connectivity index (χ2v) is 7.79. The molecule has 1 aliphatic heterocycles. The van der Waals surface area contributed by atoms with E-state index < -0.39 is 0 Å². The highest BCUT2D eigenvalue weighted by atomic mass is 79.9. The van der Waals surface area contributed by atoms with Crippen LogP contribution in [0.4, 0.5) is 0 Å². The standard InChI is InChI=1S/C18H22BrNS/c1-14-10-12-21-18(14)17-5-3-2-4-11-20(17)13-15-6-8-16(19)9-7-15/h6-10,12,17H,2-5,11,13H2,1H3/t17-/m0/s1. The Morgan fingerprint density at radius 2 is 1.95 bits per heavy atom. The normalized spacial score (nSPS) is 20.4. The fourth-order valence-electron chi connectivity index (χ4n) is 3.20. The van der Waals surface area contributed by atoms with Gasteiger partial charge in [-0.05, 0) is 61.0 Å². The molecule has 1 aromatic carbocycles. The van der Waals surface area contributed by atoms with E-state index in [9.17, 15) is 0 Å². The summed E-state index contributed by atoms with van der Waals surface area (Å²) in [7, 11) is 0. The maximum atomic E-state index is 3.52. The van der Waals surface area contributed by atoms with Crippen molar-refractivity contribution in [3.63, 3.8) is 0 Å². The third-order valence-electron chi connectivity index (χ3n) is 4.37. The van der Waals surface area contributed by atoms with E-state index in [0.717, 1.165) is 11.0 Å². The molecule has 0 aliphatic carbocycles. The van der Waals surface area contributed by atoms with Gasteiger partial charge in [0, 0.05) is 21.9 Å². The number of nitrogens with zero attached hydrogens (tertiary/aromatic N) is 1. The van der Waals surface area contributed by atoms with Crippen molar-refractivity contribution in [2.45, 2.75) is 45.2 Å². The van der Waals surface area contributed by atoms with E-state index in [0.29, 0.717) is 6.04 Å². The molecular formula is C18H22BrNS. The van der Waals surface area contributed by atoms with E-state index in [2.05, 4.69) is 63.5 Å². The molecule has 2 aromatic rings. The molecule has 0 N–H and O–H groups in total. The minimum Gasteiger partial charge on any atom is -0.291 e. The Bertz CT molecular complexity index is 575. The number of rotatable bonds is 3. The molecule has 21 heavy (non-hydrogen) atoms. The van der Waals surface area contributed by atoms with Gasteiger partial charge in [-0.3, -0.25) is 4.90 Å². The number of benzene rings is 1. The van der Waals surface area contributed by atoms with Crippen molar-refractivity contribution in [1.29, 1.82) is 0 Å². The predicted molar refractivity (Wildman–Crippen MR) is 94.8 cm³/mol. The summed E-state index contributed by atoms with van der Waals surface area (Å²) < 4.78 is 1.16. The topological polar surface area (TPSA) is 3.24 Å². The van der Waals surface area contributed by atoms with Crippen molar-refractivity contribution in [2.75, 3.05) is 6.54 Å². The lowest BCUT2D eigenvalue weighted by Gasteiger charge is -2.30. The predicted octanol–water partition coefficient (Wildman–Crippen LogP) is 5.94. The highest BCUT2D eigenvalue weighted by Crippen LogP contribution is 2.36. The highest BCUT2D eigenvalue weighted by Gasteiger charge is 2.24. The lowest BCUT2D eigenvalue weighted by atomic mass is 10.0. The molecule has 0 unspecified atom stereocenters. The van der Waals surface area contributed by atoms with E-state index in [-0.39, 0.29) is 0 Å². The smallest absolute Gasteiger partial charge is 0.0447 e. The van der Waals surface area contributed by atoms with E-state index in [1.54, 1.807) is 4.88 Å². The van der Waals surface area contributed by atoms with Gasteiger partial charge in [0.15, 0.2) is 0 Å². The molecule has 1 saturated heterocycles. The van der Waals surface area contributed by atoms with Crippen LogP contribution in [0.3, 0.4) is 0 Å². The maximum absolute atomic E-state index is 3.52. The van der Waals surface area contributed by atoms with Gasteiger partial charge >= 0.3 is 0 Å². The summed E-state index contributed by atoms with van der Waals surface area (Å²) in [5.74, 6) is 0. The van der Waals surface area contributed by atoms with Crippen molar-refractivity contribution in [3.8, 4) is 0 Å². The molecule has 0 saturated carbocycles. The monoisotopic (exact) mass is 363 g/mol. The first-order valence-electron chi connectivity index (χ1n) is 7.76. The van der Waals surface area contributed by atoms with Gasteiger partial charge in [-0.2, -0.15) is 0 Å². The Hall–Kier alpha value is -0.640. The Balaban J connectivity index is 1.82. The van der Waals surface area contributed by atoms with Crippen LogP contribution in [0.5, 0.6) is 0 Å². The zero-order valence-corrected chi connectivity index (χ0v) is 14.9. The van der Waals surface area contributed by atoms with Crippen molar-refractivity contribution in [2.24, 2.45) is 0 Å². The molecule has 2 heterocycles. The fourth-order valence-corrected chi connectivity index (χ4v) is 4.57. The third-order valence-corrected chi connectivity index (χ3v) is 6.02. The van der Waals surface area contributed by atoms with Gasteiger partial charge in [-0.1, -0.05) is 40.9 Å². The van der Waals surface area contributed by atoms with Gasteiger partial charge < -0.3 is 0 Å². The number of thiophene rings is 1. The first-order valence-corrected chi connectivity index (χ1v) is 9.44. The Kier molecular flexibility index (Phi) is 5.15.